The van der Waals surface area contributed by atoms with Gasteiger partial charge in [-0.15, -0.1) is 0 Å². The van der Waals surface area contributed by atoms with Crippen LogP contribution in [0.5, 0.6) is 5.75 Å². The number of halogens is 2. The monoisotopic (exact) mass is 464 g/mol. The number of rotatable bonds is 9. The Morgan fingerprint density at radius 2 is 1.79 bits per heavy atom. The number of nitrogens with one attached hydrogen (secondary N) is 1. The van der Waals surface area contributed by atoms with E-state index in [1.807, 2.05) is 25.1 Å². The lowest BCUT2D eigenvalue weighted by Crippen LogP contribution is -2.49. The van der Waals surface area contributed by atoms with Gasteiger partial charge in [-0.2, -0.15) is 0 Å². The normalized spacial score (nSPS) is 11.6. The maximum atomic E-state index is 13.2. The predicted molar refractivity (Wildman–Crippen MR) is 114 cm³/mol. The molecule has 156 valence electrons. The first-order valence-corrected chi connectivity index (χ1v) is 10.4. The fourth-order valence-corrected chi connectivity index (χ4v) is 3.34. The zero-order valence-electron chi connectivity index (χ0n) is 16.9. The van der Waals surface area contributed by atoms with Gasteiger partial charge in [-0.05, 0) is 71.6 Å². The molecule has 1 unspecified atom stereocenters. The molecule has 0 aliphatic carbocycles. The third kappa shape index (κ3) is 6.56. The van der Waals surface area contributed by atoms with Gasteiger partial charge in [0.1, 0.15) is 17.6 Å². The highest BCUT2D eigenvalue weighted by Gasteiger charge is 2.26. The van der Waals surface area contributed by atoms with Crippen LogP contribution in [0.4, 0.5) is 4.39 Å². The predicted octanol–water partition coefficient (Wildman–Crippen LogP) is 4.08. The Bertz CT molecular complexity index is 842. The van der Waals surface area contributed by atoms with Gasteiger partial charge < -0.3 is 15.0 Å². The van der Waals surface area contributed by atoms with Crippen molar-refractivity contribution >= 4 is 27.7 Å². The smallest absolute Gasteiger partial charge is 0.261 e. The highest BCUT2D eigenvalue weighted by Crippen LogP contribution is 2.26. The quantitative estimate of drug-likeness (QED) is 0.607. The number of ether oxygens (including phenoxy) is 1. The minimum absolute atomic E-state index is 0.177. The minimum atomic E-state index is -0.693. The summed E-state index contributed by atoms with van der Waals surface area (Å²) >= 11 is 3.46. The van der Waals surface area contributed by atoms with E-state index in [0.29, 0.717) is 12.3 Å². The number of carbonyl (C=O) groups is 2. The topological polar surface area (TPSA) is 58.6 Å². The van der Waals surface area contributed by atoms with E-state index in [2.05, 4.69) is 28.2 Å². The van der Waals surface area contributed by atoms with Crippen LogP contribution in [0.2, 0.25) is 0 Å². The third-order valence-corrected chi connectivity index (χ3v) is 5.16. The fraction of sp³-hybridized carbons (Fsp3) is 0.364. The molecule has 0 radical (unpaired) electrons. The molecule has 1 atom stereocenters. The Kier molecular flexibility index (Phi) is 8.64. The second kappa shape index (κ2) is 11.0. The Morgan fingerprint density at radius 1 is 1.14 bits per heavy atom. The largest absolute Gasteiger partial charge is 0.483 e. The van der Waals surface area contributed by atoms with Crippen LogP contribution in [0.1, 0.15) is 31.9 Å². The van der Waals surface area contributed by atoms with E-state index < -0.39 is 6.04 Å². The van der Waals surface area contributed by atoms with Gasteiger partial charge in [0.05, 0.1) is 4.47 Å². The van der Waals surface area contributed by atoms with Crippen LogP contribution in [0, 0.1) is 5.82 Å². The van der Waals surface area contributed by atoms with Crippen LogP contribution in [0.25, 0.3) is 0 Å². The number of carbonyl (C=O) groups excluding carboxylic acids is 2. The van der Waals surface area contributed by atoms with Crippen molar-refractivity contribution < 1.29 is 18.7 Å². The van der Waals surface area contributed by atoms with Crippen LogP contribution in [0.3, 0.4) is 0 Å². The number of nitrogens with zero attached hydrogens (tertiary/aromatic N) is 1. The van der Waals surface area contributed by atoms with E-state index in [0.717, 1.165) is 22.0 Å². The van der Waals surface area contributed by atoms with Crippen LogP contribution < -0.4 is 10.1 Å². The fourth-order valence-electron chi connectivity index (χ4n) is 2.79. The lowest BCUT2D eigenvalue weighted by atomic mass is 10.1. The van der Waals surface area contributed by atoms with Crippen molar-refractivity contribution in [1.29, 1.82) is 0 Å². The molecule has 0 fully saturated rings. The van der Waals surface area contributed by atoms with Crippen molar-refractivity contribution in [2.24, 2.45) is 0 Å². The molecule has 0 aromatic heterocycles. The molecule has 0 heterocycles. The summed E-state index contributed by atoms with van der Waals surface area (Å²) in [6.45, 7) is 5.97. The number of benzene rings is 2. The summed E-state index contributed by atoms with van der Waals surface area (Å²) in [4.78, 5) is 26.7. The van der Waals surface area contributed by atoms with Crippen LogP contribution >= 0.6 is 15.9 Å². The lowest BCUT2D eigenvalue weighted by Gasteiger charge is -2.28. The van der Waals surface area contributed by atoms with Gasteiger partial charge in [-0.25, -0.2) is 4.39 Å². The van der Waals surface area contributed by atoms with Crippen LogP contribution in [0.15, 0.2) is 46.9 Å². The molecule has 29 heavy (non-hydrogen) atoms. The second-order valence-corrected chi connectivity index (χ2v) is 7.48. The number of aryl methyl sites for hydroxylation is 1. The molecule has 7 heteroatoms. The first-order chi connectivity index (χ1) is 13.8. The van der Waals surface area contributed by atoms with E-state index in [9.17, 15) is 14.0 Å². The summed E-state index contributed by atoms with van der Waals surface area (Å²) in [7, 11) is 0. The zero-order valence-corrected chi connectivity index (χ0v) is 18.5. The summed E-state index contributed by atoms with van der Waals surface area (Å²) in [6, 6.07) is 10.9. The number of amides is 2. The van der Waals surface area contributed by atoms with E-state index in [-0.39, 0.29) is 30.8 Å². The van der Waals surface area contributed by atoms with Gasteiger partial charge in [0.2, 0.25) is 5.91 Å². The van der Waals surface area contributed by atoms with Crippen molar-refractivity contribution in [2.45, 2.75) is 39.8 Å². The van der Waals surface area contributed by atoms with Gasteiger partial charge in [0.25, 0.3) is 5.91 Å². The van der Waals surface area contributed by atoms with Gasteiger partial charge in [0, 0.05) is 13.1 Å². The Balaban J connectivity index is 2.14. The highest BCUT2D eigenvalue weighted by atomic mass is 79.9. The first-order valence-electron chi connectivity index (χ1n) is 9.58. The van der Waals surface area contributed by atoms with Crippen molar-refractivity contribution in [3.05, 3.63) is 63.9 Å². The molecule has 0 aliphatic heterocycles. The SMILES string of the molecule is CCNC(=O)C(C)N(Cc1ccc(F)cc1)C(=O)COc1ccc(CC)cc1Br. The average molecular weight is 465 g/mol. The average Bonchev–Trinajstić information content (AvgIpc) is 2.71. The molecule has 2 amide bonds. The first kappa shape index (κ1) is 22.9. The molecule has 0 spiro atoms. The Hall–Kier alpha value is -2.41. The van der Waals surface area contributed by atoms with E-state index in [4.69, 9.17) is 4.74 Å². The third-order valence-electron chi connectivity index (χ3n) is 4.54. The lowest BCUT2D eigenvalue weighted by molar-refractivity contribution is -0.142. The standard InChI is InChI=1S/C22H26BrFN2O3/c1-4-16-8-11-20(19(23)12-16)29-14-21(27)26(15(3)22(28)25-5-2)13-17-6-9-18(24)10-7-17/h6-12,15H,4-5,13-14H2,1-3H3,(H,25,28). The van der Waals surface area contributed by atoms with Gasteiger partial charge >= 0.3 is 0 Å². The summed E-state index contributed by atoms with van der Waals surface area (Å²) in [5.41, 5.74) is 1.88. The van der Waals surface area contributed by atoms with E-state index in [1.165, 1.54) is 17.0 Å². The molecule has 1 N–H and O–H groups in total. The van der Waals surface area contributed by atoms with Crippen molar-refractivity contribution in [3.8, 4) is 5.75 Å². The summed E-state index contributed by atoms with van der Waals surface area (Å²) in [6.07, 6.45) is 0.896. The summed E-state index contributed by atoms with van der Waals surface area (Å²) in [5.74, 6) is -0.383. The molecule has 0 bridgehead atoms. The molecular weight excluding hydrogens is 439 g/mol. The maximum Gasteiger partial charge on any atom is 0.261 e. The van der Waals surface area contributed by atoms with Crippen molar-refractivity contribution in [1.82, 2.24) is 10.2 Å². The Labute approximate surface area is 179 Å². The number of likely N-dealkylation sites (N-methyl/N-ethyl adjacent to an activating group) is 1. The molecule has 5 nitrogen and oxygen atoms in total. The zero-order chi connectivity index (χ0) is 21.4. The molecule has 2 aromatic rings. The van der Waals surface area contributed by atoms with Gasteiger partial charge in [0.15, 0.2) is 6.61 Å². The molecule has 0 saturated heterocycles. The molecule has 2 rings (SSSR count). The Morgan fingerprint density at radius 3 is 2.38 bits per heavy atom. The van der Waals surface area contributed by atoms with E-state index >= 15 is 0 Å². The van der Waals surface area contributed by atoms with E-state index in [1.54, 1.807) is 19.1 Å². The molecule has 0 aliphatic rings. The minimum Gasteiger partial charge on any atom is -0.483 e. The number of hydrogen-bond acceptors (Lipinski definition) is 3. The molecule has 2 aromatic carbocycles. The molecule has 0 saturated carbocycles. The van der Waals surface area contributed by atoms with Gasteiger partial charge in [-0.1, -0.05) is 25.1 Å². The highest BCUT2D eigenvalue weighted by molar-refractivity contribution is 9.10. The number of hydrogen-bond donors (Lipinski definition) is 1. The van der Waals surface area contributed by atoms with Crippen molar-refractivity contribution in [2.75, 3.05) is 13.2 Å². The van der Waals surface area contributed by atoms with Crippen molar-refractivity contribution in [3.63, 3.8) is 0 Å². The molecular formula is C22H26BrFN2O3. The van der Waals surface area contributed by atoms with Gasteiger partial charge in [-0.3, -0.25) is 9.59 Å². The summed E-state index contributed by atoms with van der Waals surface area (Å²) in [5, 5.41) is 2.73. The maximum absolute atomic E-state index is 13.2. The van der Waals surface area contributed by atoms with Crippen LogP contribution in [-0.4, -0.2) is 35.9 Å². The van der Waals surface area contributed by atoms with Crippen LogP contribution in [-0.2, 0) is 22.6 Å². The second-order valence-electron chi connectivity index (χ2n) is 6.63. The summed E-state index contributed by atoms with van der Waals surface area (Å²) < 4.78 is 19.7.